The first-order valence-corrected chi connectivity index (χ1v) is 10.3. The fraction of sp³-hybridized carbons (Fsp3) is 0.647. The summed E-state index contributed by atoms with van der Waals surface area (Å²) in [6.45, 7) is 6.63. The van der Waals surface area contributed by atoms with E-state index >= 15 is 0 Å². The summed E-state index contributed by atoms with van der Waals surface area (Å²) in [6, 6.07) is 7.38. The smallest absolute Gasteiger partial charge is 0.177 e. The van der Waals surface area contributed by atoms with Gasteiger partial charge in [0.1, 0.15) is 0 Å². The van der Waals surface area contributed by atoms with Crippen molar-refractivity contribution < 1.29 is 13.2 Å². The number of piperidine rings is 1. The van der Waals surface area contributed by atoms with Crippen molar-refractivity contribution in [3.8, 4) is 0 Å². The second-order valence-electron chi connectivity index (χ2n) is 6.61. The molecule has 6 heteroatoms. The van der Waals surface area contributed by atoms with Gasteiger partial charge in [0.05, 0.1) is 23.8 Å². The minimum Gasteiger partial charge on any atom is -0.379 e. The minimum absolute atomic E-state index is 0.451. The maximum atomic E-state index is 12.0. The van der Waals surface area contributed by atoms with E-state index in [-0.39, 0.29) is 0 Å². The van der Waals surface area contributed by atoms with Crippen LogP contribution < -0.4 is 4.90 Å². The van der Waals surface area contributed by atoms with Crippen molar-refractivity contribution in [2.45, 2.75) is 17.7 Å². The van der Waals surface area contributed by atoms with Gasteiger partial charge in [-0.05, 0) is 30.9 Å². The largest absolute Gasteiger partial charge is 0.379 e. The van der Waals surface area contributed by atoms with Crippen LogP contribution in [0.1, 0.15) is 12.8 Å². The summed E-state index contributed by atoms with van der Waals surface area (Å²) in [5.41, 5.74) is 0.863. The van der Waals surface area contributed by atoms with Gasteiger partial charge in [0, 0.05) is 39.0 Å². The molecule has 2 fully saturated rings. The number of rotatable bonds is 4. The molecule has 1 aromatic rings. The quantitative estimate of drug-likeness (QED) is 0.835. The molecule has 0 radical (unpaired) electrons. The normalized spacial score (nSPS) is 23.9. The molecule has 0 unspecified atom stereocenters. The van der Waals surface area contributed by atoms with Gasteiger partial charge < -0.3 is 9.64 Å². The number of nitrogens with zero attached hydrogens (tertiary/aromatic N) is 2. The van der Waals surface area contributed by atoms with E-state index in [1.807, 2.05) is 12.1 Å². The Kier molecular flexibility index (Phi) is 5.24. The molecule has 23 heavy (non-hydrogen) atoms. The van der Waals surface area contributed by atoms with E-state index in [1.165, 1.54) is 12.7 Å². The van der Waals surface area contributed by atoms with Gasteiger partial charge in [-0.25, -0.2) is 8.42 Å². The van der Waals surface area contributed by atoms with Gasteiger partial charge >= 0.3 is 0 Å². The zero-order valence-electron chi connectivity index (χ0n) is 13.8. The molecule has 128 valence electrons. The molecule has 2 aliphatic heterocycles. The first kappa shape index (κ1) is 16.7. The van der Waals surface area contributed by atoms with Crippen LogP contribution in [0.25, 0.3) is 0 Å². The third-order valence-corrected chi connectivity index (χ3v) is 5.89. The van der Waals surface area contributed by atoms with Gasteiger partial charge in [-0.1, -0.05) is 12.1 Å². The number of morpholine rings is 1. The third kappa shape index (κ3) is 4.25. The number of sulfone groups is 1. The number of para-hydroxylation sites is 1. The zero-order valence-corrected chi connectivity index (χ0v) is 14.6. The van der Waals surface area contributed by atoms with Crippen molar-refractivity contribution in [1.82, 2.24) is 4.90 Å². The molecule has 0 bridgehead atoms. The van der Waals surface area contributed by atoms with Crippen LogP contribution in [0.3, 0.4) is 0 Å². The molecular weight excluding hydrogens is 312 g/mol. The molecule has 1 atom stereocenters. The fourth-order valence-electron chi connectivity index (χ4n) is 3.61. The zero-order chi connectivity index (χ0) is 16.3. The van der Waals surface area contributed by atoms with Crippen LogP contribution in [0.4, 0.5) is 5.69 Å². The van der Waals surface area contributed by atoms with Gasteiger partial charge in [-0.3, -0.25) is 4.90 Å². The van der Waals surface area contributed by atoms with E-state index in [4.69, 9.17) is 4.74 Å². The molecule has 0 saturated carbocycles. The first-order chi connectivity index (χ1) is 11.0. The second kappa shape index (κ2) is 7.20. The lowest BCUT2D eigenvalue weighted by Crippen LogP contribution is -2.44. The fourth-order valence-corrected chi connectivity index (χ4v) is 4.52. The molecule has 3 rings (SSSR count). The first-order valence-electron chi connectivity index (χ1n) is 8.38. The van der Waals surface area contributed by atoms with Gasteiger partial charge in [0.15, 0.2) is 9.84 Å². The molecule has 0 N–H and O–H groups in total. The lowest BCUT2D eigenvalue weighted by atomic mass is 9.96. The Morgan fingerprint density at radius 1 is 1.17 bits per heavy atom. The van der Waals surface area contributed by atoms with Gasteiger partial charge in [0.25, 0.3) is 0 Å². The van der Waals surface area contributed by atoms with E-state index in [2.05, 4.69) is 9.80 Å². The highest BCUT2D eigenvalue weighted by Crippen LogP contribution is 2.29. The van der Waals surface area contributed by atoms with E-state index < -0.39 is 9.84 Å². The predicted molar refractivity (Wildman–Crippen MR) is 91.7 cm³/mol. The Morgan fingerprint density at radius 3 is 2.65 bits per heavy atom. The highest BCUT2D eigenvalue weighted by molar-refractivity contribution is 7.90. The number of ether oxygens (including phenoxy) is 1. The van der Waals surface area contributed by atoms with Crippen LogP contribution in [0.15, 0.2) is 29.2 Å². The maximum absolute atomic E-state index is 12.0. The molecule has 1 aromatic carbocycles. The van der Waals surface area contributed by atoms with Crippen molar-refractivity contribution in [2.75, 3.05) is 57.1 Å². The summed E-state index contributed by atoms with van der Waals surface area (Å²) in [5.74, 6) is 0.592. The number of hydrogen-bond acceptors (Lipinski definition) is 5. The van der Waals surface area contributed by atoms with Crippen molar-refractivity contribution in [3.63, 3.8) is 0 Å². The summed E-state index contributed by atoms with van der Waals surface area (Å²) in [5, 5.41) is 0. The van der Waals surface area contributed by atoms with Crippen LogP contribution in [0.2, 0.25) is 0 Å². The summed E-state index contributed by atoms with van der Waals surface area (Å²) in [6.07, 6.45) is 3.63. The van der Waals surface area contributed by atoms with Crippen LogP contribution >= 0.6 is 0 Å². The van der Waals surface area contributed by atoms with E-state index in [0.717, 1.165) is 58.0 Å². The highest BCUT2D eigenvalue weighted by atomic mass is 32.2. The highest BCUT2D eigenvalue weighted by Gasteiger charge is 2.26. The maximum Gasteiger partial charge on any atom is 0.177 e. The lowest BCUT2D eigenvalue weighted by molar-refractivity contribution is 0.0296. The molecule has 2 saturated heterocycles. The van der Waals surface area contributed by atoms with Gasteiger partial charge in [0.2, 0.25) is 0 Å². The Labute approximate surface area is 139 Å². The Balaban J connectivity index is 1.71. The molecule has 0 spiro atoms. The van der Waals surface area contributed by atoms with Crippen LogP contribution in [0.5, 0.6) is 0 Å². The summed E-state index contributed by atoms with van der Waals surface area (Å²) in [7, 11) is -3.20. The number of hydrogen-bond donors (Lipinski definition) is 0. The molecular formula is C17H26N2O3S. The third-order valence-electron chi connectivity index (χ3n) is 4.74. The Bertz CT molecular complexity index is 626. The van der Waals surface area contributed by atoms with Gasteiger partial charge in [-0.2, -0.15) is 0 Å². The van der Waals surface area contributed by atoms with Crippen molar-refractivity contribution in [3.05, 3.63) is 24.3 Å². The Morgan fingerprint density at radius 2 is 1.91 bits per heavy atom. The van der Waals surface area contributed by atoms with Crippen molar-refractivity contribution >= 4 is 15.5 Å². The molecule has 0 aliphatic carbocycles. The number of anilines is 1. The molecule has 2 heterocycles. The van der Waals surface area contributed by atoms with Crippen LogP contribution in [-0.4, -0.2) is 65.5 Å². The summed E-state index contributed by atoms with van der Waals surface area (Å²) < 4.78 is 29.5. The Hall–Kier alpha value is -1.11. The van der Waals surface area contributed by atoms with Gasteiger partial charge in [-0.15, -0.1) is 0 Å². The van der Waals surface area contributed by atoms with E-state index in [1.54, 1.807) is 12.1 Å². The molecule has 2 aliphatic rings. The summed E-state index contributed by atoms with van der Waals surface area (Å²) >= 11 is 0. The van der Waals surface area contributed by atoms with Crippen LogP contribution in [0, 0.1) is 5.92 Å². The lowest BCUT2D eigenvalue weighted by Gasteiger charge is -2.38. The predicted octanol–water partition coefficient (Wildman–Crippen LogP) is 1.64. The van der Waals surface area contributed by atoms with Crippen molar-refractivity contribution in [2.24, 2.45) is 5.92 Å². The summed E-state index contributed by atoms with van der Waals surface area (Å²) in [4.78, 5) is 5.18. The van der Waals surface area contributed by atoms with Crippen LogP contribution in [-0.2, 0) is 14.6 Å². The average Bonchev–Trinajstić information content (AvgIpc) is 2.55. The SMILES string of the molecule is CS(=O)(=O)c1ccccc1N1CCC[C@H](CN2CCOCC2)C1. The minimum atomic E-state index is -3.20. The van der Waals surface area contributed by atoms with Crippen molar-refractivity contribution in [1.29, 1.82) is 0 Å². The second-order valence-corrected chi connectivity index (χ2v) is 8.59. The van der Waals surface area contributed by atoms with E-state index in [0.29, 0.717) is 10.8 Å². The standard InChI is InChI=1S/C17H26N2O3S/c1-23(20,21)17-7-3-2-6-16(17)19-8-4-5-15(14-19)13-18-9-11-22-12-10-18/h2-3,6-7,15H,4-5,8-14H2,1H3/t15-/m1/s1. The molecule has 5 nitrogen and oxygen atoms in total. The number of benzene rings is 1. The average molecular weight is 338 g/mol. The molecule has 0 aromatic heterocycles. The van der Waals surface area contributed by atoms with E-state index in [9.17, 15) is 8.42 Å². The molecule has 0 amide bonds. The topological polar surface area (TPSA) is 49.9 Å². The monoisotopic (exact) mass is 338 g/mol.